The van der Waals surface area contributed by atoms with Gasteiger partial charge in [0.2, 0.25) is 0 Å². The van der Waals surface area contributed by atoms with E-state index in [1.54, 1.807) is 0 Å². The third-order valence-electron chi connectivity index (χ3n) is 9.42. The number of anilines is 3. The molecule has 0 aliphatic heterocycles. The summed E-state index contributed by atoms with van der Waals surface area (Å²) < 4.78 is 5.38. The molecule has 10 aromatic rings. The number of hydrogen-bond acceptors (Lipinski definition) is 3. The van der Waals surface area contributed by atoms with Crippen LogP contribution in [0.4, 0.5) is 17.1 Å². The van der Waals surface area contributed by atoms with Crippen LogP contribution in [0.5, 0.6) is 0 Å². The molecule has 0 radical (unpaired) electrons. The van der Waals surface area contributed by atoms with E-state index < -0.39 is 0 Å². The van der Waals surface area contributed by atoms with Crippen LogP contribution in [0.2, 0.25) is 0 Å². The van der Waals surface area contributed by atoms with E-state index in [1.807, 2.05) is 22.7 Å². The van der Waals surface area contributed by atoms with Crippen molar-refractivity contribution in [2.45, 2.75) is 0 Å². The molecule has 0 aliphatic carbocycles. The minimum absolute atomic E-state index is 1.13. The van der Waals surface area contributed by atoms with Crippen molar-refractivity contribution < 1.29 is 0 Å². The zero-order valence-corrected chi connectivity index (χ0v) is 27.0. The maximum Gasteiger partial charge on any atom is 0.0462 e. The lowest BCUT2D eigenvalue weighted by Gasteiger charge is -2.25. The first-order valence-corrected chi connectivity index (χ1v) is 17.6. The van der Waals surface area contributed by atoms with Gasteiger partial charge in [-0.2, -0.15) is 0 Å². The van der Waals surface area contributed by atoms with Gasteiger partial charge in [-0.05, 0) is 94.0 Å². The van der Waals surface area contributed by atoms with E-state index in [4.69, 9.17) is 0 Å². The highest BCUT2D eigenvalue weighted by molar-refractivity contribution is 7.27. The number of nitrogens with zero attached hydrogens (tertiary/aromatic N) is 1. The summed E-state index contributed by atoms with van der Waals surface area (Å²) in [4.78, 5) is 2.32. The fourth-order valence-electron chi connectivity index (χ4n) is 7.27. The van der Waals surface area contributed by atoms with Crippen molar-refractivity contribution in [2.24, 2.45) is 0 Å². The molecule has 0 saturated heterocycles. The van der Waals surface area contributed by atoms with Gasteiger partial charge in [0.1, 0.15) is 0 Å². The molecule has 47 heavy (non-hydrogen) atoms. The van der Waals surface area contributed by atoms with Crippen molar-refractivity contribution in [1.82, 2.24) is 0 Å². The zero-order chi connectivity index (χ0) is 30.9. The van der Waals surface area contributed by atoms with Crippen molar-refractivity contribution in [3.63, 3.8) is 0 Å². The molecular weight excluding hydrogens is 607 g/mol. The van der Waals surface area contributed by atoms with Gasteiger partial charge in [0.05, 0.1) is 0 Å². The van der Waals surface area contributed by atoms with Crippen molar-refractivity contribution in [1.29, 1.82) is 0 Å². The van der Waals surface area contributed by atoms with Crippen LogP contribution in [0.25, 0.3) is 73.0 Å². The first-order chi connectivity index (χ1) is 23.3. The number of thiophene rings is 2. The summed E-state index contributed by atoms with van der Waals surface area (Å²) in [6.45, 7) is 0. The summed E-state index contributed by atoms with van der Waals surface area (Å²) in [6, 6.07) is 60.0. The lowest BCUT2D eigenvalue weighted by Crippen LogP contribution is -2.09. The Morgan fingerprint density at radius 1 is 0.362 bits per heavy atom. The molecule has 0 unspecified atom stereocenters. The van der Waals surface area contributed by atoms with E-state index in [0.717, 1.165) is 17.1 Å². The summed E-state index contributed by atoms with van der Waals surface area (Å²) in [5, 5.41) is 10.6. The molecule has 2 heterocycles. The van der Waals surface area contributed by atoms with Gasteiger partial charge < -0.3 is 4.90 Å². The molecular formula is C44H27NS2. The molecule has 0 amide bonds. The van der Waals surface area contributed by atoms with Crippen LogP contribution < -0.4 is 4.90 Å². The third-order valence-corrected chi connectivity index (χ3v) is 11.8. The number of fused-ring (bicyclic) bond motifs is 10. The second-order valence-electron chi connectivity index (χ2n) is 12.1. The average Bonchev–Trinajstić information content (AvgIpc) is 3.70. The first-order valence-electron chi connectivity index (χ1n) is 15.9. The summed E-state index contributed by atoms with van der Waals surface area (Å²) in [7, 11) is 0. The highest BCUT2D eigenvalue weighted by Crippen LogP contribution is 2.47. The monoisotopic (exact) mass is 633 g/mol. The summed E-state index contributed by atoms with van der Waals surface area (Å²) in [5.74, 6) is 0. The Labute approximate surface area is 280 Å². The molecule has 0 fully saturated rings. The molecule has 0 atom stereocenters. The molecule has 220 valence electrons. The highest BCUT2D eigenvalue weighted by atomic mass is 32.1. The third kappa shape index (κ3) is 4.21. The molecule has 0 spiro atoms. The van der Waals surface area contributed by atoms with Crippen LogP contribution >= 0.6 is 22.7 Å². The Hall–Kier alpha value is -5.48. The van der Waals surface area contributed by atoms with E-state index in [1.165, 1.54) is 73.0 Å². The van der Waals surface area contributed by atoms with E-state index in [0.29, 0.717) is 0 Å². The Morgan fingerprint density at radius 2 is 0.936 bits per heavy atom. The summed E-state index contributed by atoms with van der Waals surface area (Å²) in [5.41, 5.74) is 5.91. The van der Waals surface area contributed by atoms with Crippen molar-refractivity contribution >= 4 is 102 Å². The smallest absolute Gasteiger partial charge is 0.0462 e. The fourth-order valence-corrected chi connectivity index (χ4v) is 9.67. The van der Waals surface area contributed by atoms with Crippen molar-refractivity contribution in [2.75, 3.05) is 4.90 Å². The fraction of sp³-hybridized carbons (Fsp3) is 0. The average molecular weight is 634 g/mol. The number of benzene rings is 8. The molecule has 2 aromatic heterocycles. The topological polar surface area (TPSA) is 3.24 Å². The second-order valence-corrected chi connectivity index (χ2v) is 14.2. The maximum absolute atomic E-state index is 2.46. The Balaban J connectivity index is 1.23. The molecule has 0 N–H and O–H groups in total. The van der Waals surface area contributed by atoms with Crippen LogP contribution in [0.1, 0.15) is 0 Å². The molecule has 10 rings (SSSR count). The van der Waals surface area contributed by atoms with Gasteiger partial charge in [0.15, 0.2) is 0 Å². The largest absolute Gasteiger partial charge is 0.311 e. The van der Waals surface area contributed by atoms with Crippen LogP contribution in [0, 0.1) is 0 Å². The van der Waals surface area contributed by atoms with Crippen LogP contribution in [0.3, 0.4) is 0 Å². The molecule has 0 bridgehead atoms. The number of hydrogen-bond donors (Lipinski definition) is 0. The SMILES string of the molecule is c1ccc(N(c2ccccc2)c2ccc(-c3cc4cc5sc6ccccc6c5cc4c4c3ccc3c5ccccc5sc34)cc2)cc1. The molecule has 3 heteroatoms. The summed E-state index contributed by atoms with van der Waals surface area (Å²) in [6.07, 6.45) is 0. The maximum atomic E-state index is 2.46. The number of rotatable bonds is 4. The Kier molecular flexibility index (Phi) is 5.98. The lowest BCUT2D eigenvalue weighted by molar-refractivity contribution is 1.28. The van der Waals surface area contributed by atoms with Crippen molar-refractivity contribution in [3.05, 3.63) is 164 Å². The van der Waals surface area contributed by atoms with E-state index >= 15 is 0 Å². The van der Waals surface area contributed by atoms with Gasteiger partial charge in [0.25, 0.3) is 0 Å². The van der Waals surface area contributed by atoms with E-state index in [2.05, 4.69) is 169 Å². The standard InChI is InChI=1S/C44H27NS2/c1-3-11-30(12-4-1)45(31-13-5-2-6-14-31)32-21-19-28(20-22-32)37-25-29-26-42-39(34-16-8-9-17-40(34)46-42)27-38(29)43-35(37)23-24-36-33-15-7-10-18-41(33)47-44(36)43/h1-27H. The second kappa shape index (κ2) is 10.5. The minimum atomic E-state index is 1.13. The van der Waals surface area contributed by atoms with Crippen LogP contribution in [-0.2, 0) is 0 Å². The highest BCUT2D eigenvalue weighted by Gasteiger charge is 2.18. The molecule has 0 saturated carbocycles. The lowest BCUT2D eigenvalue weighted by atomic mass is 9.91. The zero-order valence-electron chi connectivity index (χ0n) is 25.4. The molecule has 8 aromatic carbocycles. The van der Waals surface area contributed by atoms with Gasteiger partial charge in [-0.3, -0.25) is 0 Å². The quantitative estimate of drug-likeness (QED) is 0.174. The molecule has 1 nitrogen and oxygen atoms in total. The van der Waals surface area contributed by atoms with Crippen LogP contribution in [0.15, 0.2) is 164 Å². The van der Waals surface area contributed by atoms with E-state index in [9.17, 15) is 0 Å². The van der Waals surface area contributed by atoms with Gasteiger partial charge in [-0.1, -0.05) is 97.1 Å². The predicted molar refractivity (Wildman–Crippen MR) is 207 cm³/mol. The van der Waals surface area contributed by atoms with Gasteiger partial charge in [0, 0.05) is 62.8 Å². The number of para-hydroxylation sites is 2. The first kappa shape index (κ1) is 26.7. The van der Waals surface area contributed by atoms with Gasteiger partial charge in [-0.15, -0.1) is 22.7 Å². The summed E-state index contributed by atoms with van der Waals surface area (Å²) >= 11 is 3.81. The predicted octanol–water partition coefficient (Wildman–Crippen LogP) is 13.9. The van der Waals surface area contributed by atoms with E-state index in [-0.39, 0.29) is 0 Å². The van der Waals surface area contributed by atoms with Gasteiger partial charge >= 0.3 is 0 Å². The van der Waals surface area contributed by atoms with Crippen molar-refractivity contribution in [3.8, 4) is 11.1 Å². The van der Waals surface area contributed by atoms with Gasteiger partial charge in [-0.25, -0.2) is 0 Å². The molecule has 0 aliphatic rings. The van der Waals surface area contributed by atoms with Crippen LogP contribution in [-0.4, -0.2) is 0 Å². The minimum Gasteiger partial charge on any atom is -0.311 e. The Bertz CT molecular complexity index is 2740. The Morgan fingerprint density at radius 3 is 1.64 bits per heavy atom. The normalized spacial score (nSPS) is 11.8.